The summed E-state index contributed by atoms with van der Waals surface area (Å²) in [5, 5.41) is 1.09. The maximum atomic E-state index is 13.0. The van der Waals surface area contributed by atoms with Crippen molar-refractivity contribution in [2.75, 3.05) is 26.2 Å². The summed E-state index contributed by atoms with van der Waals surface area (Å²) < 4.78 is 15.0. The number of nitrogens with zero attached hydrogens (tertiary/aromatic N) is 3. The summed E-state index contributed by atoms with van der Waals surface area (Å²) >= 11 is 0. The Balaban J connectivity index is 1.41. The van der Waals surface area contributed by atoms with Gasteiger partial charge in [0.2, 0.25) is 0 Å². The molecule has 1 aliphatic rings. The standard InChI is InChI=1S/C21H22FN3O/c1-23-19-5-3-2-4-17(19)14-20(23)21(26)25-12-10-24(11-13-25)15-16-6-8-18(22)9-7-16/h2-9,14H,10-13,15H2,1H3. The van der Waals surface area contributed by atoms with E-state index >= 15 is 0 Å². The highest BCUT2D eigenvalue weighted by Gasteiger charge is 2.24. The Hall–Kier alpha value is -2.66. The summed E-state index contributed by atoms with van der Waals surface area (Å²) in [6, 6.07) is 16.7. The van der Waals surface area contributed by atoms with Crippen LogP contribution in [0, 0.1) is 5.82 Å². The van der Waals surface area contributed by atoms with Gasteiger partial charge in [0.25, 0.3) is 5.91 Å². The van der Waals surface area contributed by atoms with E-state index in [1.54, 1.807) is 0 Å². The first kappa shape index (κ1) is 16.8. The molecule has 1 fully saturated rings. The average molecular weight is 351 g/mol. The number of rotatable bonds is 3. The summed E-state index contributed by atoms with van der Waals surface area (Å²) in [6.07, 6.45) is 0. The van der Waals surface area contributed by atoms with Crippen LogP contribution in [-0.4, -0.2) is 46.5 Å². The normalized spacial score (nSPS) is 15.5. The van der Waals surface area contributed by atoms with Gasteiger partial charge < -0.3 is 9.47 Å². The molecule has 0 unspecified atom stereocenters. The van der Waals surface area contributed by atoms with E-state index in [4.69, 9.17) is 0 Å². The molecule has 0 atom stereocenters. The van der Waals surface area contributed by atoms with Crippen LogP contribution in [0.2, 0.25) is 0 Å². The van der Waals surface area contributed by atoms with Crippen LogP contribution in [0.25, 0.3) is 10.9 Å². The lowest BCUT2D eigenvalue weighted by Crippen LogP contribution is -2.48. The van der Waals surface area contributed by atoms with Gasteiger partial charge in [0.05, 0.1) is 0 Å². The third-order valence-electron chi connectivity index (χ3n) is 5.15. The first-order valence-corrected chi connectivity index (χ1v) is 8.92. The molecule has 1 aromatic heterocycles. The third-order valence-corrected chi connectivity index (χ3v) is 5.15. The molecule has 26 heavy (non-hydrogen) atoms. The van der Waals surface area contributed by atoms with Crippen molar-refractivity contribution in [3.05, 3.63) is 71.7 Å². The van der Waals surface area contributed by atoms with Gasteiger partial charge in [0, 0.05) is 50.7 Å². The van der Waals surface area contributed by atoms with Gasteiger partial charge >= 0.3 is 0 Å². The van der Waals surface area contributed by atoms with Gasteiger partial charge in [-0.1, -0.05) is 30.3 Å². The molecule has 1 amide bonds. The Morgan fingerprint density at radius 2 is 1.69 bits per heavy atom. The molecule has 4 rings (SSSR count). The number of hydrogen-bond acceptors (Lipinski definition) is 2. The second-order valence-electron chi connectivity index (χ2n) is 6.84. The second kappa shape index (κ2) is 6.92. The number of amides is 1. The van der Waals surface area contributed by atoms with E-state index in [9.17, 15) is 9.18 Å². The number of aromatic nitrogens is 1. The van der Waals surface area contributed by atoms with Crippen molar-refractivity contribution in [3.63, 3.8) is 0 Å². The predicted molar refractivity (Wildman–Crippen MR) is 100 cm³/mol. The van der Waals surface area contributed by atoms with Crippen LogP contribution in [0.1, 0.15) is 16.1 Å². The van der Waals surface area contributed by atoms with Crippen LogP contribution >= 0.6 is 0 Å². The highest BCUT2D eigenvalue weighted by Crippen LogP contribution is 2.20. The highest BCUT2D eigenvalue weighted by atomic mass is 19.1. The molecule has 3 aromatic rings. The zero-order chi connectivity index (χ0) is 18.1. The van der Waals surface area contributed by atoms with E-state index in [2.05, 4.69) is 4.90 Å². The maximum absolute atomic E-state index is 13.0. The quantitative estimate of drug-likeness (QED) is 0.725. The van der Waals surface area contributed by atoms with E-state index in [1.807, 2.05) is 59.0 Å². The average Bonchev–Trinajstić information content (AvgIpc) is 3.01. The van der Waals surface area contributed by atoms with Crippen molar-refractivity contribution in [2.24, 2.45) is 7.05 Å². The molecule has 0 N–H and O–H groups in total. The number of hydrogen-bond donors (Lipinski definition) is 0. The number of carbonyl (C=O) groups is 1. The first-order chi connectivity index (χ1) is 12.6. The van der Waals surface area contributed by atoms with Gasteiger partial charge in [-0.15, -0.1) is 0 Å². The fourth-order valence-electron chi connectivity index (χ4n) is 3.61. The van der Waals surface area contributed by atoms with Gasteiger partial charge in [-0.05, 0) is 29.8 Å². The molecule has 4 nitrogen and oxygen atoms in total. The summed E-state index contributed by atoms with van der Waals surface area (Å²) in [6.45, 7) is 3.86. The maximum Gasteiger partial charge on any atom is 0.270 e. The molecule has 2 aromatic carbocycles. The number of carbonyl (C=O) groups excluding carboxylic acids is 1. The zero-order valence-electron chi connectivity index (χ0n) is 14.9. The van der Waals surface area contributed by atoms with E-state index < -0.39 is 0 Å². The molecular weight excluding hydrogens is 329 g/mol. The topological polar surface area (TPSA) is 28.5 Å². The Morgan fingerprint density at radius 3 is 2.38 bits per heavy atom. The van der Waals surface area contributed by atoms with E-state index in [-0.39, 0.29) is 11.7 Å². The Bertz CT molecular complexity index is 924. The molecule has 134 valence electrons. The molecule has 5 heteroatoms. The van der Waals surface area contributed by atoms with Gasteiger partial charge in [-0.3, -0.25) is 9.69 Å². The van der Waals surface area contributed by atoms with Gasteiger partial charge in [0.1, 0.15) is 11.5 Å². The fraction of sp³-hybridized carbons (Fsp3) is 0.286. The molecule has 0 saturated carbocycles. The van der Waals surface area contributed by atoms with Gasteiger partial charge in [-0.2, -0.15) is 0 Å². The number of piperazine rings is 1. The minimum absolute atomic E-state index is 0.0881. The smallest absolute Gasteiger partial charge is 0.270 e. The molecule has 0 spiro atoms. The minimum Gasteiger partial charge on any atom is -0.340 e. The summed E-state index contributed by atoms with van der Waals surface area (Å²) in [7, 11) is 1.94. The Kier molecular flexibility index (Phi) is 4.47. The molecule has 1 aliphatic heterocycles. The van der Waals surface area contributed by atoms with Crippen LogP contribution in [-0.2, 0) is 13.6 Å². The first-order valence-electron chi connectivity index (χ1n) is 8.92. The van der Waals surface area contributed by atoms with Crippen molar-refractivity contribution in [2.45, 2.75) is 6.54 Å². The van der Waals surface area contributed by atoms with Crippen molar-refractivity contribution in [1.82, 2.24) is 14.4 Å². The lowest BCUT2D eigenvalue weighted by molar-refractivity contribution is 0.0619. The van der Waals surface area contributed by atoms with Crippen LogP contribution in [0.4, 0.5) is 4.39 Å². The number of benzene rings is 2. The lowest BCUT2D eigenvalue weighted by atomic mass is 10.2. The van der Waals surface area contributed by atoms with Crippen molar-refractivity contribution in [1.29, 1.82) is 0 Å². The Labute approximate surface area is 152 Å². The van der Waals surface area contributed by atoms with Crippen molar-refractivity contribution >= 4 is 16.8 Å². The van der Waals surface area contributed by atoms with E-state index in [0.717, 1.165) is 41.8 Å². The highest BCUT2D eigenvalue weighted by molar-refractivity contribution is 5.98. The predicted octanol–water partition coefficient (Wildman–Crippen LogP) is 3.28. The number of fused-ring (bicyclic) bond motifs is 1. The molecule has 1 saturated heterocycles. The van der Waals surface area contributed by atoms with Gasteiger partial charge in [-0.25, -0.2) is 4.39 Å². The Morgan fingerprint density at radius 1 is 1.00 bits per heavy atom. The number of halogens is 1. The zero-order valence-corrected chi connectivity index (χ0v) is 14.9. The molecule has 0 bridgehead atoms. The summed E-state index contributed by atoms with van der Waals surface area (Å²) in [5.74, 6) is -0.121. The van der Waals surface area contributed by atoms with Crippen LogP contribution in [0.3, 0.4) is 0 Å². The SMILES string of the molecule is Cn1c(C(=O)N2CCN(Cc3ccc(F)cc3)CC2)cc2ccccc21. The number of aryl methyl sites for hydroxylation is 1. The molecular formula is C21H22FN3O. The van der Waals surface area contributed by atoms with Crippen molar-refractivity contribution in [3.8, 4) is 0 Å². The van der Waals surface area contributed by atoms with Crippen molar-refractivity contribution < 1.29 is 9.18 Å². The molecule has 0 radical (unpaired) electrons. The lowest BCUT2D eigenvalue weighted by Gasteiger charge is -2.34. The van der Waals surface area contributed by atoms with Gasteiger partial charge in [0.15, 0.2) is 0 Å². The largest absolute Gasteiger partial charge is 0.340 e. The van der Waals surface area contributed by atoms with E-state index in [1.165, 1.54) is 12.1 Å². The second-order valence-corrected chi connectivity index (χ2v) is 6.84. The third kappa shape index (κ3) is 3.22. The summed E-state index contributed by atoms with van der Waals surface area (Å²) in [5.41, 5.74) is 2.91. The number of para-hydroxylation sites is 1. The molecule has 0 aliphatic carbocycles. The van der Waals surface area contributed by atoms with Crippen LogP contribution in [0.5, 0.6) is 0 Å². The minimum atomic E-state index is -0.209. The van der Waals surface area contributed by atoms with Crippen LogP contribution in [0.15, 0.2) is 54.6 Å². The monoisotopic (exact) mass is 351 g/mol. The fourth-order valence-corrected chi connectivity index (χ4v) is 3.61. The molecule has 2 heterocycles. The summed E-state index contributed by atoms with van der Waals surface area (Å²) in [4.78, 5) is 17.2. The van der Waals surface area contributed by atoms with E-state index in [0.29, 0.717) is 13.1 Å². The van der Waals surface area contributed by atoms with Crippen LogP contribution < -0.4 is 0 Å².